The Morgan fingerprint density at radius 3 is 2.65 bits per heavy atom. The van der Waals surface area contributed by atoms with Crippen LogP contribution in [0.5, 0.6) is 0 Å². The molecule has 0 saturated carbocycles. The molecule has 1 aromatic carbocycles. The van der Waals surface area contributed by atoms with Gasteiger partial charge in [-0.15, -0.1) is 11.8 Å². The van der Waals surface area contributed by atoms with Crippen LogP contribution in [0, 0.1) is 11.8 Å². The van der Waals surface area contributed by atoms with E-state index in [2.05, 4.69) is 29.6 Å². The first-order valence-corrected chi connectivity index (χ1v) is 11.1. The zero-order chi connectivity index (χ0) is 17.9. The molecule has 1 amide bonds. The topological polar surface area (TPSA) is 49.4 Å². The molecule has 1 aromatic rings. The Hall–Kier alpha value is -1.33. The molecule has 2 atom stereocenters. The van der Waals surface area contributed by atoms with Crippen molar-refractivity contribution in [1.29, 1.82) is 0 Å². The van der Waals surface area contributed by atoms with Gasteiger partial charge in [-0.2, -0.15) is 0 Å². The number of thioether (sulfide) groups is 1. The van der Waals surface area contributed by atoms with Crippen molar-refractivity contribution in [3.8, 4) is 0 Å². The molecule has 1 aliphatic carbocycles. The van der Waals surface area contributed by atoms with Crippen LogP contribution in [0.15, 0.2) is 24.3 Å². The molecule has 26 heavy (non-hydrogen) atoms. The number of carbonyl (C=O) groups is 2. The monoisotopic (exact) mass is 372 g/mol. The molecule has 140 valence electrons. The van der Waals surface area contributed by atoms with Gasteiger partial charge in [0.15, 0.2) is 0 Å². The second-order valence-corrected chi connectivity index (χ2v) is 8.94. The van der Waals surface area contributed by atoms with Crippen LogP contribution in [-0.2, 0) is 22.4 Å². The lowest BCUT2D eigenvalue weighted by molar-refractivity contribution is -0.136. The Bertz CT molecular complexity index is 647. The van der Waals surface area contributed by atoms with Gasteiger partial charge in [-0.3, -0.25) is 9.59 Å². The highest BCUT2D eigenvalue weighted by Crippen LogP contribution is 2.30. The van der Waals surface area contributed by atoms with E-state index in [1.54, 1.807) is 11.8 Å². The molecule has 0 spiro atoms. The predicted octanol–water partition coefficient (Wildman–Crippen LogP) is 2.65. The predicted molar refractivity (Wildman–Crippen MR) is 105 cm³/mol. The van der Waals surface area contributed by atoms with Crippen molar-refractivity contribution in [3.63, 3.8) is 0 Å². The third kappa shape index (κ3) is 3.84. The minimum Gasteiger partial charge on any atom is -0.331 e. The largest absolute Gasteiger partial charge is 0.331 e. The van der Waals surface area contributed by atoms with Crippen LogP contribution < -0.4 is 5.32 Å². The molecule has 4 rings (SSSR count). The molecule has 5 heteroatoms. The molecular formula is C21H28N2O2S. The van der Waals surface area contributed by atoms with Gasteiger partial charge in [0.25, 0.3) is 0 Å². The number of benzene rings is 1. The number of hydrogen-bond acceptors (Lipinski definition) is 4. The van der Waals surface area contributed by atoms with Crippen molar-refractivity contribution in [2.24, 2.45) is 11.8 Å². The average Bonchev–Trinajstić information content (AvgIpc) is 3.40. The summed E-state index contributed by atoms with van der Waals surface area (Å²) in [6, 6.07) is 8.42. The maximum absolute atomic E-state index is 12.8. The first-order chi connectivity index (χ1) is 12.7. The van der Waals surface area contributed by atoms with E-state index in [9.17, 15) is 9.59 Å². The van der Waals surface area contributed by atoms with Gasteiger partial charge in [-0.05, 0) is 55.7 Å². The van der Waals surface area contributed by atoms with Gasteiger partial charge >= 0.3 is 0 Å². The van der Waals surface area contributed by atoms with Crippen molar-refractivity contribution in [2.75, 3.05) is 24.7 Å². The SMILES string of the molecule is O=C(CCCC1Cc2ccccc2C1)C1CCN[C@H]1C(=O)N1CCSC1. The first kappa shape index (κ1) is 18.1. The van der Waals surface area contributed by atoms with Gasteiger partial charge in [0, 0.05) is 24.6 Å². The van der Waals surface area contributed by atoms with E-state index in [4.69, 9.17) is 0 Å². The van der Waals surface area contributed by atoms with Crippen molar-refractivity contribution in [2.45, 2.75) is 44.6 Å². The van der Waals surface area contributed by atoms with E-state index in [1.807, 2.05) is 4.90 Å². The minimum absolute atomic E-state index is 0.117. The van der Waals surface area contributed by atoms with Crippen LogP contribution in [0.1, 0.15) is 36.8 Å². The van der Waals surface area contributed by atoms with Gasteiger partial charge in [-0.25, -0.2) is 0 Å². The van der Waals surface area contributed by atoms with Crippen LogP contribution in [0.4, 0.5) is 0 Å². The highest BCUT2D eigenvalue weighted by molar-refractivity contribution is 7.99. The number of nitrogens with one attached hydrogen (secondary N) is 1. The van der Waals surface area contributed by atoms with Crippen LogP contribution >= 0.6 is 11.8 Å². The van der Waals surface area contributed by atoms with Gasteiger partial charge < -0.3 is 10.2 Å². The van der Waals surface area contributed by atoms with E-state index in [0.29, 0.717) is 12.3 Å². The molecule has 0 radical (unpaired) electrons. The smallest absolute Gasteiger partial charge is 0.241 e. The Morgan fingerprint density at radius 2 is 1.96 bits per heavy atom. The summed E-state index contributed by atoms with van der Waals surface area (Å²) >= 11 is 1.79. The van der Waals surface area contributed by atoms with E-state index in [-0.39, 0.29) is 23.7 Å². The molecule has 1 N–H and O–H groups in total. The fourth-order valence-electron chi connectivity index (χ4n) is 4.70. The number of ketones is 1. The lowest BCUT2D eigenvalue weighted by atomic mass is 9.90. The molecule has 2 saturated heterocycles. The van der Waals surface area contributed by atoms with Crippen LogP contribution in [-0.4, -0.2) is 47.4 Å². The van der Waals surface area contributed by atoms with Crippen molar-refractivity contribution < 1.29 is 9.59 Å². The Balaban J connectivity index is 1.25. The van der Waals surface area contributed by atoms with E-state index in [0.717, 1.165) is 56.8 Å². The maximum atomic E-state index is 12.8. The number of hydrogen-bond donors (Lipinski definition) is 1. The summed E-state index contributed by atoms with van der Waals surface area (Å²) in [5.74, 6) is 2.78. The van der Waals surface area contributed by atoms with Crippen LogP contribution in [0.3, 0.4) is 0 Å². The molecular weight excluding hydrogens is 344 g/mol. The summed E-state index contributed by atoms with van der Waals surface area (Å²) in [7, 11) is 0. The minimum atomic E-state index is -0.281. The molecule has 1 unspecified atom stereocenters. The highest BCUT2D eigenvalue weighted by atomic mass is 32.2. The standard InChI is InChI=1S/C21H28N2O2S/c24-19(7-3-4-15-12-16-5-1-2-6-17(16)13-15)18-8-9-22-20(18)21(25)23-10-11-26-14-23/h1-2,5-6,15,18,20,22H,3-4,7-14H2/t18?,20-/m1/s1. The average molecular weight is 373 g/mol. The van der Waals surface area contributed by atoms with Gasteiger partial charge in [-0.1, -0.05) is 24.3 Å². The number of rotatable bonds is 6. The zero-order valence-electron chi connectivity index (χ0n) is 15.3. The van der Waals surface area contributed by atoms with Crippen molar-refractivity contribution in [3.05, 3.63) is 35.4 Å². The number of carbonyl (C=O) groups excluding carboxylic acids is 2. The molecule has 2 heterocycles. The summed E-state index contributed by atoms with van der Waals surface area (Å²) in [5, 5.41) is 3.29. The molecule has 4 nitrogen and oxygen atoms in total. The van der Waals surface area contributed by atoms with Crippen LogP contribution in [0.25, 0.3) is 0 Å². The maximum Gasteiger partial charge on any atom is 0.241 e. The van der Waals surface area contributed by atoms with E-state index in [1.165, 1.54) is 11.1 Å². The fraction of sp³-hybridized carbons (Fsp3) is 0.619. The number of amides is 1. The normalized spacial score (nSPS) is 25.6. The fourth-order valence-corrected chi connectivity index (χ4v) is 5.65. The molecule has 0 bridgehead atoms. The third-order valence-electron chi connectivity index (χ3n) is 6.14. The van der Waals surface area contributed by atoms with E-state index >= 15 is 0 Å². The summed E-state index contributed by atoms with van der Waals surface area (Å²) in [6.45, 7) is 1.61. The number of nitrogens with zero attached hydrogens (tertiary/aromatic N) is 1. The lowest BCUT2D eigenvalue weighted by Gasteiger charge is -2.23. The number of Topliss-reactive ketones (excluding diaryl/α,β-unsaturated/α-hetero) is 1. The quantitative estimate of drug-likeness (QED) is 0.834. The first-order valence-electron chi connectivity index (χ1n) is 9.92. The summed E-state index contributed by atoms with van der Waals surface area (Å²) in [6.07, 6.45) is 5.81. The molecule has 2 fully saturated rings. The Kier molecular flexibility index (Phi) is 5.65. The van der Waals surface area contributed by atoms with Crippen molar-refractivity contribution >= 4 is 23.5 Å². The van der Waals surface area contributed by atoms with Crippen molar-refractivity contribution in [1.82, 2.24) is 10.2 Å². The van der Waals surface area contributed by atoms with Crippen LogP contribution in [0.2, 0.25) is 0 Å². The van der Waals surface area contributed by atoms with Gasteiger partial charge in [0.05, 0.1) is 11.9 Å². The lowest BCUT2D eigenvalue weighted by Crippen LogP contribution is -2.47. The van der Waals surface area contributed by atoms with Gasteiger partial charge in [0.2, 0.25) is 5.91 Å². The Morgan fingerprint density at radius 1 is 1.19 bits per heavy atom. The number of fused-ring (bicyclic) bond motifs is 1. The van der Waals surface area contributed by atoms with Gasteiger partial charge in [0.1, 0.15) is 5.78 Å². The summed E-state index contributed by atoms with van der Waals surface area (Å²) in [4.78, 5) is 27.3. The summed E-state index contributed by atoms with van der Waals surface area (Å²) in [5.41, 5.74) is 2.97. The molecule has 0 aromatic heterocycles. The second-order valence-electron chi connectivity index (χ2n) is 7.87. The second kappa shape index (κ2) is 8.13. The molecule has 3 aliphatic rings. The van der Waals surface area contributed by atoms with E-state index < -0.39 is 0 Å². The zero-order valence-corrected chi connectivity index (χ0v) is 16.1. The molecule has 2 aliphatic heterocycles. The highest BCUT2D eigenvalue weighted by Gasteiger charge is 2.39. The summed E-state index contributed by atoms with van der Waals surface area (Å²) < 4.78 is 0. The Labute approximate surface area is 160 Å². The third-order valence-corrected chi connectivity index (χ3v) is 7.10.